The molecule has 0 aliphatic heterocycles. The number of ether oxygens (including phenoxy) is 3. The molecule has 0 fully saturated rings. The number of nitrogens with one attached hydrogen (secondary N) is 1. The Bertz CT molecular complexity index is 1130. The summed E-state index contributed by atoms with van der Waals surface area (Å²) in [5, 5.41) is 3.14. The van der Waals surface area contributed by atoms with Crippen LogP contribution in [0.5, 0.6) is 17.2 Å². The van der Waals surface area contributed by atoms with Crippen LogP contribution < -0.4 is 24.4 Å². The van der Waals surface area contributed by atoms with E-state index in [9.17, 15) is 18.0 Å². The van der Waals surface area contributed by atoms with Gasteiger partial charge in [-0.2, -0.15) is 0 Å². The Labute approximate surface area is 204 Å². The number of urea groups is 1. The van der Waals surface area contributed by atoms with Crippen LogP contribution in [0.25, 0.3) is 10.2 Å². The normalized spacial score (nSPS) is 11.2. The summed E-state index contributed by atoms with van der Waals surface area (Å²) in [5.41, 5.74) is 0.884. The van der Waals surface area contributed by atoms with Crippen LogP contribution in [0, 0.1) is 0 Å². The highest BCUT2D eigenvalue weighted by atomic mass is 35.5. The second-order valence-electron chi connectivity index (χ2n) is 7.13. The summed E-state index contributed by atoms with van der Waals surface area (Å²) in [5.74, 6) is 0.628. The van der Waals surface area contributed by atoms with Crippen molar-refractivity contribution in [2.45, 2.75) is 6.36 Å². The molecule has 0 radical (unpaired) electrons. The molecular formula is C21H24ClF3N4O4S. The summed E-state index contributed by atoms with van der Waals surface area (Å²) in [4.78, 5) is 20.9. The summed E-state index contributed by atoms with van der Waals surface area (Å²) in [6.07, 6.45) is -4.80. The van der Waals surface area contributed by atoms with Crippen molar-refractivity contribution in [3.63, 3.8) is 0 Å². The van der Waals surface area contributed by atoms with E-state index in [1.165, 1.54) is 37.3 Å². The van der Waals surface area contributed by atoms with E-state index in [1.54, 1.807) is 18.2 Å². The van der Waals surface area contributed by atoms with Crippen molar-refractivity contribution in [1.82, 2.24) is 9.88 Å². The van der Waals surface area contributed by atoms with Gasteiger partial charge in [0.1, 0.15) is 17.2 Å². The number of rotatable bonds is 8. The Morgan fingerprint density at radius 3 is 2.38 bits per heavy atom. The van der Waals surface area contributed by atoms with Crippen LogP contribution in [0.15, 0.2) is 36.4 Å². The fourth-order valence-electron chi connectivity index (χ4n) is 2.87. The lowest BCUT2D eigenvalue weighted by Crippen LogP contribution is -2.39. The Kier molecular flexibility index (Phi) is 9.19. The number of benzene rings is 2. The van der Waals surface area contributed by atoms with Crippen LogP contribution in [-0.2, 0) is 0 Å². The highest BCUT2D eigenvalue weighted by molar-refractivity contribution is 7.22. The predicted octanol–water partition coefficient (Wildman–Crippen LogP) is 5.23. The summed E-state index contributed by atoms with van der Waals surface area (Å²) < 4.78 is 52.6. The molecule has 34 heavy (non-hydrogen) atoms. The second-order valence-corrected chi connectivity index (χ2v) is 8.13. The molecule has 8 nitrogen and oxygen atoms in total. The number of fused-ring (bicyclic) bond motifs is 1. The van der Waals surface area contributed by atoms with Crippen molar-refractivity contribution in [2.24, 2.45) is 0 Å². The highest BCUT2D eigenvalue weighted by Crippen LogP contribution is 2.34. The van der Waals surface area contributed by atoms with Crippen LogP contribution in [0.3, 0.4) is 0 Å². The van der Waals surface area contributed by atoms with Crippen LogP contribution in [-0.4, -0.2) is 63.7 Å². The van der Waals surface area contributed by atoms with Gasteiger partial charge in [-0.1, -0.05) is 11.3 Å². The summed E-state index contributed by atoms with van der Waals surface area (Å²) >= 11 is 1.09. The number of carbonyl (C=O) groups is 1. The van der Waals surface area contributed by atoms with Crippen molar-refractivity contribution in [3.8, 4) is 17.2 Å². The van der Waals surface area contributed by atoms with Gasteiger partial charge in [-0.05, 0) is 38.4 Å². The molecule has 0 saturated heterocycles. The van der Waals surface area contributed by atoms with Gasteiger partial charge >= 0.3 is 12.4 Å². The third-order valence-electron chi connectivity index (χ3n) is 4.48. The van der Waals surface area contributed by atoms with Crippen LogP contribution in [0.2, 0.25) is 0 Å². The number of hydrogen-bond acceptors (Lipinski definition) is 7. The van der Waals surface area contributed by atoms with Gasteiger partial charge in [-0.15, -0.1) is 25.6 Å². The number of amides is 2. The first-order chi connectivity index (χ1) is 15.6. The summed E-state index contributed by atoms with van der Waals surface area (Å²) in [7, 11) is 6.72. The third-order valence-corrected chi connectivity index (χ3v) is 5.52. The number of nitrogens with zero attached hydrogens (tertiary/aromatic N) is 3. The van der Waals surface area contributed by atoms with Crippen LogP contribution in [0.1, 0.15) is 0 Å². The van der Waals surface area contributed by atoms with Gasteiger partial charge in [0.15, 0.2) is 5.13 Å². The zero-order valence-electron chi connectivity index (χ0n) is 18.8. The maximum Gasteiger partial charge on any atom is 0.573 e. The van der Waals surface area contributed by atoms with Crippen molar-refractivity contribution in [2.75, 3.05) is 51.6 Å². The van der Waals surface area contributed by atoms with E-state index < -0.39 is 12.4 Å². The Morgan fingerprint density at radius 2 is 1.76 bits per heavy atom. The fraction of sp³-hybridized carbons (Fsp3) is 0.333. The average molecular weight is 521 g/mol. The summed E-state index contributed by atoms with van der Waals surface area (Å²) in [6.45, 7) is 0.828. The summed E-state index contributed by atoms with van der Waals surface area (Å²) in [6, 6.07) is 8.36. The molecule has 3 aromatic rings. The molecular weight excluding hydrogens is 497 g/mol. The number of aromatic nitrogens is 1. The van der Waals surface area contributed by atoms with Crippen molar-refractivity contribution in [1.29, 1.82) is 0 Å². The average Bonchev–Trinajstić information content (AvgIpc) is 3.15. The van der Waals surface area contributed by atoms with E-state index in [0.29, 0.717) is 45.6 Å². The minimum Gasteiger partial charge on any atom is -0.497 e. The Balaban J connectivity index is 0.00000408. The van der Waals surface area contributed by atoms with E-state index in [0.717, 1.165) is 11.3 Å². The molecule has 0 spiro atoms. The quantitative estimate of drug-likeness (QED) is 0.438. The maximum atomic E-state index is 13.2. The minimum atomic E-state index is -4.80. The fourth-order valence-corrected chi connectivity index (χ4v) is 3.89. The number of carbonyl (C=O) groups excluding carboxylic acids is 1. The first-order valence-corrected chi connectivity index (χ1v) is 10.5. The Morgan fingerprint density at radius 1 is 1.06 bits per heavy atom. The molecule has 186 valence electrons. The standard InChI is InChI=1S/C21H23F3N4O4S.ClH/c1-27(2)9-10-28(19(29)25-15-7-5-13(30-3)11-17(15)31-4)20-26-16-8-6-14(12-18(16)33-20)32-21(22,23)24;/h5-8,11-12H,9-10H2,1-4H3,(H,25,29);1H. The molecule has 1 aromatic heterocycles. The minimum absolute atomic E-state index is 0. The number of anilines is 2. The maximum absolute atomic E-state index is 13.2. The van der Waals surface area contributed by atoms with Gasteiger partial charge < -0.3 is 24.4 Å². The molecule has 0 aliphatic carbocycles. The van der Waals surface area contributed by atoms with Gasteiger partial charge in [0.05, 0.1) is 30.1 Å². The Hall–Kier alpha value is -2.96. The van der Waals surface area contributed by atoms with Crippen molar-refractivity contribution < 1.29 is 32.2 Å². The number of halogens is 4. The molecule has 0 aliphatic rings. The lowest BCUT2D eigenvalue weighted by molar-refractivity contribution is -0.274. The van der Waals surface area contributed by atoms with Crippen molar-refractivity contribution in [3.05, 3.63) is 36.4 Å². The monoisotopic (exact) mass is 520 g/mol. The van der Waals surface area contributed by atoms with E-state index in [-0.39, 0.29) is 18.2 Å². The molecule has 0 atom stereocenters. The lowest BCUT2D eigenvalue weighted by Gasteiger charge is -2.23. The topological polar surface area (TPSA) is 76.2 Å². The van der Waals surface area contributed by atoms with Crippen LogP contribution in [0.4, 0.5) is 28.8 Å². The zero-order valence-corrected chi connectivity index (χ0v) is 20.4. The van der Waals surface area contributed by atoms with Gasteiger partial charge in [0, 0.05) is 25.2 Å². The molecule has 13 heteroatoms. The number of thiazole rings is 1. The van der Waals surface area contributed by atoms with Gasteiger partial charge in [-0.3, -0.25) is 4.90 Å². The van der Waals surface area contributed by atoms with Gasteiger partial charge in [0.2, 0.25) is 0 Å². The van der Waals surface area contributed by atoms with Crippen LogP contribution >= 0.6 is 23.7 Å². The smallest absolute Gasteiger partial charge is 0.497 e. The first kappa shape index (κ1) is 27.3. The molecule has 0 unspecified atom stereocenters. The molecule has 2 aromatic carbocycles. The zero-order chi connectivity index (χ0) is 24.2. The van der Waals surface area contributed by atoms with Gasteiger partial charge in [-0.25, -0.2) is 9.78 Å². The van der Waals surface area contributed by atoms with Crippen molar-refractivity contribution >= 4 is 50.8 Å². The molecule has 1 N–H and O–H groups in total. The highest BCUT2D eigenvalue weighted by Gasteiger charge is 2.31. The number of alkyl halides is 3. The SMILES string of the molecule is COc1ccc(NC(=O)N(CCN(C)C)c2nc3ccc(OC(F)(F)F)cc3s2)c(OC)c1.Cl. The number of methoxy groups -OCH3 is 2. The van der Waals surface area contributed by atoms with Gasteiger partial charge in [0.25, 0.3) is 0 Å². The van der Waals surface area contributed by atoms with E-state index in [4.69, 9.17) is 9.47 Å². The lowest BCUT2D eigenvalue weighted by atomic mass is 10.2. The first-order valence-electron chi connectivity index (χ1n) is 9.71. The van der Waals surface area contributed by atoms with E-state index >= 15 is 0 Å². The molecule has 0 saturated carbocycles. The third kappa shape index (κ3) is 7.02. The molecule has 1 heterocycles. The van der Waals surface area contributed by atoms with E-state index in [1.807, 2.05) is 19.0 Å². The molecule has 2 amide bonds. The molecule has 0 bridgehead atoms. The number of hydrogen-bond donors (Lipinski definition) is 1. The second kappa shape index (κ2) is 11.4. The predicted molar refractivity (Wildman–Crippen MR) is 128 cm³/mol. The molecule has 3 rings (SSSR count). The number of likely N-dealkylation sites (N-methyl/N-ethyl adjacent to an activating group) is 1. The largest absolute Gasteiger partial charge is 0.573 e. The van der Waals surface area contributed by atoms with E-state index in [2.05, 4.69) is 15.0 Å².